The molecule has 0 aliphatic carbocycles. The van der Waals surface area contributed by atoms with Gasteiger partial charge in [-0.25, -0.2) is 0 Å². The molecule has 0 aromatic heterocycles. The van der Waals surface area contributed by atoms with Gasteiger partial charge >= 0.3 is 0 Å². The second-order valence-corrected chi connectivity index (χ2v) is 5.32. The summed E-state index contributed by atoms with van der Waals surface area (Å²) in [5, 5.41) is 3.55. The lowest BCUT2D eigenvalue weighted by Crippen LogP contribution is -2.22. The summed E-state index contributed by atoms with van der Waals surface area (Å²) in [6.45, 7) is 2.24. The first-order valence-electron chi connectivity index (χ1n) is 6.92. The zero-order valence-corrected chi connectivity index (χ0v) is 11.6. The quantitative estimate of drug-likeness (QED) is 0.861. The number of hydrogen-bond donors (Lipinski definition) is 1. The SMILES string of the molecule is CC1CCc2cc(N(C)c3ccccc3)ccc2N1. The minimum atomic E-state index is 0.588. The predicted molar refractivity (Wildman–Crippen MR) is 82.4 cm³/mol. The van der Waals surface area contributed by atoms with Crippen LogP contribution in [0.3, 0.4) is 0 Å². The largest absolute Gasteiger partial charge is 0.382 e. The second-order valence-electron chi connectivity index (χ2n) is 5.32. The van der Waals surface area contributed by atoms with Crippen molar-refractivity contribution in [3.63, 3.8) is 0 Å². The van der Waals surface area contributed by atoms with Crippen LogP contribution in [-0.2, 0) is 6.42 Å². The fourth-order valence-corrected chi connectivity index (χ4v) is 2.65. The molecule has 1 unspecified atom stereocenters. The van der Waals surface area contributed by atoms with Crippen molar-refractivity contribution >= 4 is 17.1 Å². The molecule has 1 aliphatic rings. The number of aryl methyl sites for hydroxylation is 1. The van der Waals surface area contributed by atoms with Crippen molar-refractivity contribution in [2.45, 2.75) is 25.8 Å². The van der Waals surface area contributed by atoms with Crippen molar-refractivity contribution in [1.29, 1.82) is 0 Å². The maximum absolute atomic E-state index is 3.55. The molecule has 1 aliphatic heterocycles. The number of rotatable bonds is 2. The third kappa shape index (κ3) is 2.43. The number of anilines is 3. The molecule has 2 heteroatoms. The van der Waals surface area contributed by atoms with E-state index < -0.39 is 0 Å². The van der Waals surface area contributed by atoms with Gasteiger partial charge in [-0.15, -0.1) is 0 Å². The van der Waals surface area contributed by atoms with E-state index in [1.807, 2.05) is 0 Å². The molecule has 1 atom stereocenters. The van der Waals surface area contributed by atoms with E-state index in [2.05, 4.69) is 72.7 Å². The topological polar surface area (TPSA) is 15.3 Å². The Hall–Kier alpha value is -1.96. The van der Waals surface area contributed by atoms with Crippen LogP contribution in [-0.4, -0.2) is 13.1 Å². The highest BCUT2D eigenvalue weighted by molar-refractivity contribution is 5.68. The molecule has 98 valence electrons. The van der Waals surface area contributed by atoms with Crippen LogP contribution in [0.1, 0.15) is 18.9 Å². The van der Waals surface area contributed by atoms with Gasteiger partial charge in [-0.3, -0.25) is 0 Å². The Bertz CT molecular complexity index is 563. The first kappa shape index (κ1) is 12.1. The van der Waals surface area contributed by atoms with Crippen LogP contribution in [0.25, 0.3) is 0 Å². The van der Waals surface area contributed by atoms with Crippen molar-refractivity contribution in [3.8, 4) is 0 Å². The summed E-state index contributed by atoms with van der Waals surface area (Å²) < 4.78 is 0. The molecular weight excluding hydrogens is 232 g/mol. The smallest absolute Gasteiger partial charge is 0.0412 e. The number of fused-ring (bicyclic) bond motifs is 1. The van der Waals surface area contributed by atoms with Crippen LogP contribution in [0.4, 0.5) is 17.1 Å². The molecule has 2 aromatic rings. The fraction of sp³-hybridized carbons (Fsp3) is 0.294. The van der Waals surface area contributed by atoms with Gasteiger partial charge in [-0.1, -0.05) is 18.2 Å². The molecule has 2 aromatic carbocycles. The first-order chi connectivity index (χ1) is 9.24. The highest BCUT2D eigenvalue weighted by Crippen LogP contribution is 2.31. The van der Waals surface area contributed by atoms with Crippen LogP contribution in [0.2, 0.25) is 0 Å². The molecule has 0 fully saturated rings. The predicted octanol–water partition coefficient (Wildman–Crippen LogP) is 4.20. The van der Waals surface area contributed by atoms with Crippen molar-refractivity contribution in [2.75, 3.05) is 17.3 Å². The van der Waals surface area contributed by atoms with E-state index in [1.54, 1.807) is 0 Å². The normalized spacial score (nSPS) is 17.5. The van der Waals surface area contributed by atoms with E-state index in [0.29, 0.717) is 6.04 Å². The zero-order chi connectivity index (χ0) is 13.2. The van der Waals surface area contributed by atoms with Gasteiger partial charge in [0.25, 0.3) is 0 Å². The Labute approximate surface area is 115 Å². The minimum absolute atomic E-state index is 0.588. The van der Waals surface area contributed by atoms with Gasteiger partial charge in [0.15, 0.2) is 0 Å². The van der Waals surface area contributed by atoms with Gasteiger partial charge in [0.2, 0.25) is 0 Å². The van der Waals surface area contributed by atoms with E-state index in [1.165, 1.54) is 35.5 Å². The molecule has 0 saturated carbocycles. The molecular formula is C17H20N2. The van der Waals surface area contributed by atoms with E-state index in [-0.39, 0.29) is 0 Å². The Morgan fingerprint density at radius 2 is 1.84 bits per heavy atom. The zero-order valence-electron chi connectivity index (χ0n) is 11.6. The molecule has 0 spiro atoms. The third-order valence-electron chi connectivity index (χ3n) is 3.87. The molecule has 1 heterocycles. The standard InChI is InChI=1S/C17H20N2/c1-13-8-9-14-12-16(10-11-17(14)18-13)19(2)15-6-4-3-5-7-15/h3-7,10-13,18H,8-9H2,1-2H3. The summed E-state index contributed by atoms with van der Waals surface area (Å²) >= 11 is 0. The lowest BCUT2D eigenvalue weighted by molar-refractivity contribution is 0.681. The Kier molecular flexibility index (Phi) is 3.16. The second kappa shape index (κ2) is 4.96. The Balaban J connectivity index is 1.90. The molecule has 0 bridgehead atoms. The molecule has 19 heavy (non-hydrogen) atoms. The summed E-state index contributed by atoms with van der Waals surface area (Å²) in [6, 6.07) is 17.8. The molecule has 0 amide bonds. The van der Waals surface area contributed by atoms with Gasteiger partial charge in [-0.2, -0.15) is 0 Å². The summed E-state index contributed by atoms with van der Waals surface area (Å²) in [5.74, 6) is 0. The lowest BCUT2D eigenvalue weighted by Gasteiger charge is -2.27. The van der Waals surface area contributed by atoms with Crippen LogP contribution < -0.4 is 10.2 Å². The Morgan fingerprint density at radius 3 is 2.63 bits per heavy atom. The maximum atomic E-state index is 3.55. The van der Waals surface area contributed by atoms with Gasteiger partial charge in [0, 0.05) is 30.2 Å². The van der Waals surface area contributed by atoms with Gasteiger partial charge in [-0.05, 0) is 55.7 Å². The number of para-hydroxylation sites is 1. The van der Waals surface area contributed by atoms with Crippen molar-refractivity contribution in [1.82, 2.24) is 0 Å². The molecule has 0 saturated heterocycles. The van der Waals surface area contributed by atoms with Crippen LogP contribution in [0.5, 0.6) is 0 Å². The number of hydrogen-bond acceptors (Lipinski definition) is 2. The summed E-state index contributed by atoms with van der Waals surface area (Å²) in [7, 11) is 2.12. The summed E-state index contributed by atoms with van der Waals surface area (Å²) in [6.07, 6.45) is 2.38. The summed E-state index contributed by atoms with van der Waals surface area (Å²) in [4.78, 5) is 2.23. The number of benzene rings is 2. The molecule has 1 N–H and O–H groups in total. The molecule has 2 nitrogen and oxygen atoms in total. The third-order valence-corrected chi connectivity index (χ3v) is 3.87. The Morgan fingerprint density at radius 1 is 1.05 bits per heavy atom. The molecule has 0 radical (unpaired) electrons. The van der Waals surface area contributed by atoms with Gasteiger partial charge < -0.3 is 10.2 Å². The minimum Gasteiger partial charge on any atom is -0.382 e. The first-order valence-corrected chi connectivity index (χ1v) is 6.92. The van der Waals surface area contributed by atoms with Crippen molar-refractivity contribution in [2.24, 2.45) is 0 Å². The van der Waals surface area contributed by atoms with Gasteiger partial charge in [0.1, 0.15) is 0 Å². The van der Waals surface area contributed by atoms with Crippen molar-refractivity contribution in [3.05, 3.63) is 54.1 Å². The van der Waals surface area contributed by atoms with Crippen LogP contribution in [0.15, 0.2) is 48.5 Å². The molecule has 3 rings (SSSR count). The lowest BCUT2D eigenvalue weighted by atomic mass is 9.98. The number of nitrogens with one attached hydrogen (secondary N) is 1. The summed E-state index contributed by atoms with van der Waals surface area (Å²) in [5.41, 5.74) is 5.20. The highest BCUT2D eigenvalue weighted by Gasteiger charge is 2.15. The van der Waals surface area contributed by atoms with Crippen LogP contribution >= 0.6 is 0 Å². The number of nitrogens with zero attached hydrogens (tertiary/aromatic N) is 1. The van der Waals surface area contributed by atoms with E-state index in [4.69, 9.17) is 0 Å². The maximum Gasteiger partial charge on any atom is 0.0412 e. The van der Waals surface area contributed by atoms with Gasteiger partial charge in [0.05, 0.1) is 0 Å². The van der Waals surface area contributed by atoms with E-state index in [9.17, 15) is 0 Å². The fourth-order valence-electron chi connectivity index (χ4n) is 2.65. The monoisotopic (exact) mass is 252 g/mol. The average molecular weight is 252 g/mol. The van der Waals surface area contributed by atoms with E-state index in [0.717, 1.165) is 0 Å². The van der Waals surface area contributed by atoms with Crippen LogP contribution in [0, 0.1) is 0 Å². The highest BCUT2D eigenvalue weighted by atomic mass is 15.1. The van der Waals surface area contributed by atoms with E-state index >= 15 is 0 Å². The van der Waals surface area contributed by atoms with Crippen molar-refractivity contribution < 1.29 is 0 Å². The average Bonchev–Trinajstić information content (AvgIpc) is 2.47.